The fourth-order valence-corrected chi connectivity index (χ4v) is 13.4. The van der Waals surface area contributed by atoms with Gasteiger partial charge in [0.15, 0.2) is 0 Å². The number of carbonyl (C=O) groups excluding carboxylic acids is 7. The van der Waals surface area contributed by atoms with E-state index in [9.17, 15) is 38.4 Å². The van der Waals surface area contributed by atoms with Crippen molar-refractivity contribution in [2.75, 3.05) is 56.5 Å². The lowest BCUT2D eigenvalue weighted by molar-refractivity contribution is -0.137. The molecule has 6 aliphatic rings. The average molecular weight is 1120 g/mol. The molecule has 6 saturated heterocycles. The van der Waals surface area contributed by atoms with Crippen LogP contribution in [-0.2, 0) is 23.9 Å². The molecule has 430 valence electrons. The Labute approximate surface area is 456 Å². The maximum absolute atomic E-state index is 11.9. The summed E-state index contributed by atoms with van der Waals surface area (Å²) >= 11 is 5.69. The SMILES string of the molecule is CC(C)(C)OC(=O)NCCCN.CC(C)(C)OC(=O)NCCCNC(=O)CCCC[C@@H]1SC[C@@H]2NC(=O)N[C@@H]21.NCCCNC(=O)CCCC[C@@H]1SC[C@@H]2NC(=O)N[C@@H]21.O=C(O)CCCC[C@@H]1SC[C@@H]2NC(=O)N[C@@H]21. The van der Waals surface area contributed by atoms with Gasteiger partial charge in [0.1, 0.15) is 11.2 Å². The summed E-state index contributed by atoms with van der Waals surface area (Å²) in [6.07, 6.45) is 11.3. The largest absolute Gasteiger partial charge is 0.481 e. The normalized spacial score (nSPS) is 24.6. The van der Waals surface area contributed by atoms with Crippen LogP contribution in [0, 0.1) is 0 Å². The van der Waals surface area contributed by atoms with Gasteiger partial charge in [-0.05, 0) is 112 Å². The summed E-state index contributed by atoms with van der Waals surface area (Å²) in [4.78, 5) is 89.9. The molecule has 0 aliphatic carbocycles. The van der Waals surface area contributed by atoms with Gasteiger partial charge < -0.3 is 79.2 Å². The molecule has 6 fully saturated rings. The molecule has 9 atom stereocenters. The number of unbranched alkanes of at least 4 members (excludes halogenated alkanes) is 3. The third kappa shape index (κ3) is 27.6. The average Bonchev–Trinajstić information content (AvgIpc) is 4.18. The van der Waals surface area contributed by atoms with Crippen LogP contribution < -0.4 is 64.6 Å². The summed E-state index contributed by atoms with van der Waals surface area (Å²) in [6.45, 7) is 14.4. The van der Waals surface area contributed by atoms with E-state index >= 15 is 0 Å². The van der Waals surface area contributed by atoms with Crippen molar-refractivity contribution in [1.82, 2.24) is 53.2 Å². The minimum absolute atomic E-state index is 0.0374. The number of hydrogen-bond acceptors (Lipinski definition) is 15. The number of thioether (sulfide) groups is 3. The van der Waals surface area contributed by atoms with Gasteiger partial charge in [0.25, 0.3) is 0 Å². The fourth-order valence-electron chi connectivity index (χ4n) is 8.75. The Morgan fingerprint density at radius 2 is 0.813 bits per heavy atom. The van der Waals surface area contributed by atoms with E-state index in [1.54, 1.807) is 0 Å². The standard InChI is InChI=1S/C18H32N4O4S.C13H24N4O2S.C10H16N2O3S.C8H18N2O2/c1-18(2,3)26-17(25)20-10-6-9-19-14(23)8-5-4-7-13-15-12(11-27-13)21-16(24)22-15;14-6-3-7-15-11(18)5-2-1-4-10-12-9(8-20-10)16-13(19)17-12;13-8(14)4-2-1-3-7-9-6(5-16-7)11-10(15)12-9;1-8(2,3)12-7(11)10-6-4-5-9/h12-13,15H,4-11H2,1-3H3,(H,19,23)(H,20,25)(H2,21,22,24);9-10,12H,1-8,14H2,(H,15,18)(H2,16,17,19);6-7,9H,1-5H2,(H,13,14)(H2,11,12,15);4-6,9H2,1-3H3,(H,10,11)/t12-,13-,15-;9-,10-,12-;6-,7-,9-;/m000./s1. The molecule has 26 heteroatoms. The molecule has 0 spiro atoms. The van der Waals surface area contributed by atoms with Crippen LogP contribution in [0.4, 0.5) is 24.0 Å². The van der Waals surface area contributed by atoms with Crippen molar-refractivity contribution in [3.05, 3.63) is 0 Å². The maximum atomic E-state index is 11.9. The van der Waals surface area contributed by atoms with Crippen molar-refractivity contribution in [2.45, 2.75) is 201 Å². The third-order valence-corrected chi connectivity index (χ3v) is 16.9. The van der Waals surface area contributed by atoms with Crippen LogP contribution in [0.15, 0.2) is 0 Å². The summed E-state index contributed by atoms with van der Waals surface area (Å²) in [5, 5.41) is 38.6. The zero-order valence-corrected chi connectivity index (χ0v) is 47.5. The topological polar surface area (TPSA) is 348 Å². The van der Waals surface area contributed by atoms with Gasteiger partial charge in [-0.1, -0.05) is 19.3 Å². The number of rotatable bonds is 25. The molecule has 0 aromatic carbocycles. The molecule has 0 aromatic heterocycles. The summed E-state index contributed by atoms with van der Waals surface area (Å²) < 4.78 is 10.1. The van der Waals surface area contributed by atoms with Crippen molar-refractivity contribution in [1.29, 1.82) is 0 Å². The number of carboxylic acid groups (broad SMARTS) is 1. The van der Waals surface area contributed by atoms with Gasteiger partial charge in [0, 0.05) is 78.4 Å². The molecule has 0 unspecified atom stereocenters. The molecular formula is C49H90N12O11S3. The fraction of sp³-hybridized carbons (Fsp3) is 0.837. The number of ether oxygens (including phenoxy) is 2. The molecule has 6 heterocycles. The van der Waals surface area contributed by atoms with E-state index in [4.69, 9.17) is 26.0 Å². The molecule has 0 saturated carbocycles. The van der Waals surface area contributed by atoms with Crippen molar-refractivity contribution in [2.24, 2.45) is 11.5 Å². The Morgan fingerprint density at radius 3 is 1.15 bits per heavy atom. The van der Waals surface area contributed by atoms with Crippen LogP contribution in [0.1, 0.15) is 138 Å². The van der Waals surface area contributed by atoms with Crippen LogP contribution in [0.3, 0.4) is 0 Å². The van der Waals surface area contributed by atoms with Gasteiger partial charge in [-0.15, -0.1) is 0 Å². The summed E-state index contributed by atoms with van der Waals surface area (Å²) in [6, 6.07) is 1.39. The zero-order valence-electron chi connectivity index (χ0n) is 45.1. The molecule has 6 rings (SSSR count). The highest BCUT2D eigenvalue weighted by Gasteiger charge is 2.44. The highest BCUT2D eigenvalue weighted by Crippen LogP contribution is 2.35. The van der Waals surface area contributed by atoms with Crippen molar-refractivity contribution in [3.63, 3.8) is 0 Å². The summed E-state index contributed by atoms with van der Waals surface area (Å²) in [5.74, 6) is 2.35. The van der Waals surface area contributed by atoms with Crippen LogP contribution in [-0.4, -0.2) is 173 Å². The lowest BCUT2D eigenvalue weighted by atomic mass is 10.0. The monoisotopic (exact) mass is 1120 g/mol. The molecule has 15 N–H and O–H groups in total. The molecule has 0 radical (unpaired) electrons. The van der Waals surface area contributed by atoms with Crippen LogP contribution in [0.25, 0.3) is 0 Å². The Balaban J connectivity index is 0.000000275. The predicted molar refractivity (Wildman–Crippen MR) is 296 cm³/mol. The first kappa shape index (κ1) is 65.0. The zero-order chi connectivity index (χ0) is 55.4. The molecule has 10 amide bonds. The minimum Gasteiger partial charge on any atom is -0.481 e. The summed E-state index contributed by atoms with van der Waals surface area (Å²) in [7, 11) is 0. The van der Waals surface area contributed by atoms with Gasteiger partial charge in [0.05, 0.1) is 36.3 Å². The van der Waals surface area contributed by atoms with Crippen LogP contribution in [0.2, 0.25) is 0 Å². The second-order valence-corrected chi connectivity index (χ2v) is 25.0. The van der Waals surface area contributed by atoms with E-state index in [2.05, 4.69) is 53.2 Å². The number of amides is 10. The lowest BCUT2D eigenvalue weighted by Gasteiger charge is -2.19. The van der Waals surface area contributed by atoms with Crippen molar-refractivity contribution < 1.29 is 52.9 Å². The van der Waals surface area contributed by atoms with Gasteiger partial charge >= 0.3 is 36.2 Å². The number of aliphatic carboxylic acids is 1. The van der Waals surface area contributed by atoms with E-state index < -0.39 is 23.3 Å². The maximum Gasteiger partial charge on any atom is 0.407 e. The number of carbonyl (C=O) groups is 8. The number of fused-ring (bicyclic) bond motifs is 3. The highest BCUT2D eigenvalue weighted by atomic mass is 32.2. The lowest BCUT2D eigenvalue weighted by Crippen LogP contribution is -2.36. The molecule has 0 aromatic rings. The predicted octanol–water partition coefficient (Wildman–Crippen LogP) is 3.58. The second-order valence-electron chi connectivity index (χ2n) is 21.2. The van der Waals surface area contributed by atoms with E-state index in [-0.39, 0.29) is 78.7 Å². The van der Waals surface area contributed by atoms with Crippen molar-refractivity contribution in [3.8, 4) is 0 Å². The number of hydrogen-bond donors (Lipinski definition) is 13. The van der Waals surface area contributed by atoms with E-state index in [0.717, 1.165) is 87.9 Å². The Kier molecular flexibility index (Phi) is 29.9. The molecule has 6 aliphatic heterocycles. The molecule has 23 nitrogen and oxygen atoms in total. The van der Waals surface area contributed by atoms with E-state index in [1.807, 2.05) is 76.8 Å². The van der Waals surface area contributed by atoms with Gasteiger partial charge in [-0.3, -0.25) is 14.4 Å². The molecule has 0 bridgehead atoms. The van der Waals surface area contributed by atoms with Gasteiger partial charge in [-0.2, -0.15) is 35.3 Å². The first-order valence-electron chi connectivity index (χ1n) is 26.7. The smallest absolute Gasteiger partial charge is 0.407 e. The van der Waals surface area contributed by atoms with E-state index in [0.29, 0.717) is 74.3 Å². The first-order chi connectivity index (χ1) is 35.6. The minimum atomic E-state index is -0.729. The number of nitrogens with two attached hydrogens (primary N) is 2. The third-order valence-electron chi connectivity index (χ3n) is 12.3. The highest BCUT2D eigenvalue weighted by molar-refractivity contribution is 8.00. The summed E-state index contributed by atoms with van der Waals surface area (Å²) in [5.41, 5.74) is 9.69. The first-order valence-corrected chi connectivity index (χ1v) is 29.9. The van der Waals surface area contributed by atoms with Crippen molar-refractivity contribution >= 4 is 83.3 Å². The molecular weight excluding hydrogens is 1030 g/mol. The Hall–Kier alpha value is -4.27. The van der Waals surface area contributed by atoms with Gasteiger partial charge in [0.2, 0.25) is 11.8 Å². The molecule has 75 heavy (non-hydrogen) atoms. The second kappa shape index (κ2) is 34.5. The van der Waals surface area contributed by atoms with Gasteiger partial charge in [-0.25, -0.2) is 24.0 Å². The van der Waals surface area contributed by atoms with Crippen LogP contribution >= 0.6 is 35.3 Å². The Bertz CT molecular complexity index is 1810. The van der Waals surface area contributed by atoms with E-state index in [1.165, 1.54) is 0 Å². The number of urea groups is 3. The number of nitrogens with one attached hydrogen (secondary N) is 10. The number of carboxylic acids is 1. The Morgan fingerprint density at radius 1 is 0.493 bits per heavy atom. The number of alkyl carbamates (subject to hydrolysis) is 2. The van der Waals surface area contributed by atoms with Crippen LogP contribution in [0.5, 0.6) is 0 Å². The quantitative estimate of drug-likeness (QED) is 0.0459.